The van der Waals surface area contributed by atoms with Gasteiger partial charge in [-0.05, 0) is 24.6 Å². The van der Waals surface area contributed by atoms with Crippen LogP contribution in [0.15, 0.2) is 24.3 Å². The van der Waals surface area contributed by atoms with Gasteiger partial charge in [-0.25, -0.2) is 0 Å². The fourth-order valence-electron chi connectivity index (χ4n) is 2.13. The van der Waals surface area contributed by atoms with Gasteiger partial charge in [0.25, 0.3) is 5.91 Å². The molecule has 2 aromatic rings. The zero-order valence-corrected chi connectivity index (χ0v) is 13.1. The molecule has 6 heteroatoms. The van der Waals surface area contributed by atoms with Gasteiger partial charge in [-0.2, -0.15) is 0 Å². The van der Waals surface area contributed by atoms with Crippen LogP contribution in [0, 0.1) is 0 Å². The normalized spacial score (nSPS) is 13.3. The maximum atomic E-state index is 11.3. The third-order valence-corrected chi connectivity index (χ3v) is 4.76. The number of hydrogen-bond donors (Lipinski definition) is 2. The Morgan fingerprint density at radius 2 is 2.19 bits per heavy atom. The first-order valence-corrected chi connectivity index (χ1v) is 7.93. The van der Waals surface area contributed by atoms with Crippen molar-refractivity contribution < 1.29 is 9.53 Å². The molecule has 2 N–H and O–H groups in total. The van der Waals surface area contributed by atoms with Crippen LogP contribution in [0.25, 0.3) is 0 Å². The summed E-state index contributed by atoms with van der Waals surface area (Å²) in [5.41, 5.74) is 1.42. The summed E-state index contributed by atoms with van der Waals surface area (Å²) in [5, 5.41) is 6.61. The van der Waals surface area contributed by atoms with Crippen LogP contribution < -0.4 is 15.4 Å². The second-order valence-corrected chi connectivity index (χ2v) is 6.40. The zero-order chi connectivity index (χ0) is 14.8. The Morgan fingerprint density at radius 3 is 2.95 bits per heavy atom. The minimum Gasteiger partial charge on any atom is -0.482 e. The molecule has 2 heterocycles. The van der Waals surface area contributed by atoms with E-state index in [4.69, 9.17) is 16.3 Å². The van der Waals surface area contributed by atoms with E-state index in [-0.39, 0.29) is 12.5 Å². The molecule has 0 radical (unpaired) electrons. The van der Waals surface area contributed by atoms with Crippen molar-refractivity contribution in [1.29, 1.82) is 0 Å². The molecule has 0 aliphatic carbocycles. The summed E-state index contributed by atoms with van der Waals surface area (Å²) in [6, 6.07) is 7.81. The highest BCUT2D eigenvalue weighted by Crippen LogP contribution is 2.36. The van der Waals surface area contributed by atoms with E-state index in [9.17, 15) is 4.79 Å². The van der Waals surface area contributed by atoms with Gasteiger partial charge in [0.2, 0.25) is 0 Å². The molecule has 0 saturated heterocycles. The van der Waals surface area contributed by atoms with Crippen LogP contribution >= 0.6 is 22.9 Å². The summed E-state index contributed by atoms with van der Waals surface area (Å²) >= 11 is 8.03. The molecule has 0 bridgehead atoms. The summed E-state index contributed by atoms with van der Waals surface area (Å²) < 4.78 is 5.40. The summed E-state index contributed by atoms with van der Waals surface area (Å²) in [5.74, 6) is 0.479. The molecule has 0 unspecified atom stereocenters. The first kappa shape index (κ1) is 14.2. The average molecular weight is 323 g/mol. The molecule has 1 amide bonds. The number of hydrogen-bond acceptors (Lipinski definition) is 4. The van der Waals surface area contributed by atoms with E-state index in [1.807, 2.05) is 6.07 Å². The molecule has 21 heavy (non-hydrogen) atoms. The number of aryl methyl sites for hydroxylation is 1. The highest BCUT2D eigenvalue weighted by Gasteiger charge is 2.18. The highest BCUT2D eigenvalue weighted by molar-refractivity contribution is 7.12. The van der Waals surface area contributed by atoms with Gasteiger partial charge in [-0.15, -0.1) is 11.3 Å². The predicted octanol–water partition coefficient (Wildman–Crippen LogP) is 3.91. The smallest absolute Gasteiger partial charge is 0.262 e. The van der Waals surface area contributed by atoms with Gasteiger partial charge in [0.05, 0.1) is 16.4 Å². The number of amides is 1. The highest BCUT2D eigenvalue weighted by atomic mass is 35.5. The van der Waals surface area contributed by atoms with Gasteiger partial charge in [-0.1, -0.05) is 18.5 Å². The molecule has 0 fully saturated rings. The van der Waals surface area contributed by atoms with Crippen LogP contribution in [0.1, 0.15) is 16.7 Å². The predicted molar refractivity (Wildman–Crippen MR) is 86.6 cm³/mol. The van der Waals surface area contributed by atoms with Crippen molar-refractivity contribution in [2.75, 3.05) is 17.2 Å². The fraction of sp³-hybridized carbons (Fsp3) is 0.267. The number of benzene rings is 1. The van der Waals surface area contributed by atoms with Crippen LogP contribution in [0.4, 0.5) is 11.4 Å². The van der Waals surface area contributed by atoms with E-state index < -0.39 is 0 Å². The van der Waals surface area contributed by atoms with E-state index >= 15 is 0 Å². The van der Waals surface area contributed by atoms with Crippen molar-refractivity contribution in [2.45, 2.75) is 19.9 Å². The first-order chi connectivity index (χ1) is 10.2. The fourth-order valence-corrected chi connectivity index (χ4v) is 3.25. The molecular weight excluding hydrogens is 308 g/mol. The number of halogens is 1. The third-order valence-electron chi connectivity index (χ3n) is 3.22. The van der Waals surface area contributed by atoms with Gasteiger partial charge < -0.3 is 15.4 Å². The second kappa shape index (κ2) is 5.95. The van der Waals surface area contributed by atoms with Gasteiger partial charge >= 0.3 is 0 Å². The molecule has 0 atom stereocenters. The molecular formula is C15H15ClN2O2S. The lowest BCUT2D eigenvalue weighted by Gasteiger charge is -2.19. The largest absolute Gasteiger partial charge is 0.482 e. The molecule has 1 aliphatic rings. The summed E-state index contributed by atoms with van der Waals surface area (Å²) in [7, 11) is 0. The molecule has 1 aliphatic heterocycles. The van der Waals surface area contributed by atoms with Crippen molar-refractivity contribution in [3.63, 3.8) is 0 Å². The Labute approximate surface area is 132 Å². The number of ether oxygens (including phenoxy) is 1. The van der Waals surface area contributed by atoms with E-state index in [2.05, 4.69) is 29.7 Å². The zero-order valence-electron chi connectivity index (χ0n) is 11.5. The summed E-state index contributed by atoms with van der Waals surface area (Å²) in [6.45, 7) is 2.91. The number of fused-ring (bicyclic) bond motifs is 1. The monoisotopic (exact) mass is 322 g/mol. The van der Waals surface area contributed by atoms with E-state index in [1.165, 1.54) is 9.75 Å². The molecule has 4 nitrogen and oxygen atoms in total. The molecule has 1 aromatic heterocycles. The van der Waals surface area contributed by atoms with Crippen LogP contribution in [-0.2, 0) is 17.8 Å². The lowest BCUT2D eigenvalue weighted by Crippen LogP contribution is -2.25. The molecule has 110 valence electrons. The lowest BCUT2D eigenvalue weighted by atomic mass is 10.2. The van der Waals surface area contributed by atoms with Gasteiger partial charge in [0, 0.05) is 22.4 Å². The minimum atomic E-state index is -0.162. The number of anilines is 2. The van der Waals surface area contributed by atoms with E-state index in [0.717, 1.165) is 18.7 Å². The Bertz CT molecular complexity index is 684. The summed E-state index contributed by atoms with van der Waals surface area (Å²) in [4.78, 5) is 13.9. The first-order valence-electron chi connectivity index (χ1n) is 6.73. The number of nitrogens with one attached hydrogen (secondary N) is 2. The van der Waals surface area contributed by atoms with Gasteiger partial charge in [-0.3, -0.25) is 4.79 Å². The van der Waals surface area contributed by atoms with E-state index in [0.29, 0.717) is 16.5 Å². The summed E-state index contributed by atoms with van der Waals surface area (Å²) in [6.07, 6.45) is 1.05. The van der Waals surface area contributed by atoms with Gasteiger partial charge in [0.15, 0.2) is 6.61 Å². The standard InChI is InChI=1S/C15H15ClN2O2S/c1-2-9-3-4-10(21-9)7-17-12-6-14-13(5-11(12)16)18-15(19)8-20-14/h3-6,17H,2,7-8H2,1H3,(H,18,19). The number of thiophene rings is 1. The topological polar surface area (TPSA) is 50.4 Å². The number of rotatable bonds is 4. The van der Waals surface area contributed by atoms with Crippen LogP contribution in [0.2, 0.25) is 5.02 Å². The number of carbonyl (C=O) groups excluding carboxylic acids is 1. The van der Waals surface area contributed by atoms with Gasteiger partial charge in [0.1, 0.15) is 5.75 Å². The molecule has 0 saturated carbocycles. The Morgan fingerprint density at radius 1 is 1.38 bits per heavy atom. The maximum absolute atomic E-state index is 11.3. The van der Waals surface area contributed by atoms with Crippen molar-refractivity contribution >= 4 is 40.2 Å². The average Bonchev–Trinajstić information content (AvgIpc) is 2.93. The van der Waals surface area contributed by atoms with Crippen LogP contribution in [-0.4, -0.2) is 12.5 Å². The van der Waals surface area contributed by atoms with Crippen molar-refractivity contribution in [2.24, 2.45) is 0 Å². The number of carbonyl (C=O) groups is 1. The quantitative estimate of drug-likeness (QED) is 0.897. The van der Waals surface area contributed by atoms with Crippen LogP contribution in [0.5, 0.6) is 5.75 Å². The molecule has 0 spiro atoms. The van der Waals surface area contributed by atoms with E-state index in [1.54, 1.807) is 17.4 Å². The van der Waals surface area contributed by atoms with Crippen molar-refractivity contribution in [3.8, 4) is 5.75 Å². The van der Waals surface area contributed by atoms with Crippen LogP contribution in [0.3, 0.4) is 0 Å². The Hall–Kier alpha value is -1.72. The Kier molecular flexibility index (Phi) is 4.03. The minimum absolute atomic E-state index is 0.0405. The lowest BCUT2D eigenvalue weighted by molar-refractivity contribution is -0.118. The molecule has 3 rings (SSSR count). The van der Waals surface area contributed by atoms with Crippen molar-refractivity contribution in [1.82, 2.24) is 0 Å². The molecule has 1 aromatic carbocycles. The Balaban J connectivity index is 1.75. The SMILES string of the molecule is CCc1ccc(CNc2cc3c(cc2Cl)NC(=O)CO3)s1. The second-order valence-electron chi connectivity index (χ2n) is 4.74. The third kappa shape index (κ3) is 3.14. The van der Waals surface area contributed by atoms with Crippen molar-refractivity contribution in [3.05, 3.63) is 39.0 Å². The maximum Gasteiger partial charge on any atom is 0.262 e.